The van der Waals surface area contributed by atoms with Crippen molar-refractivity contribution in [2.45, 2.75) is 18.0 Å². The van der Waals surface area contributed by atoms with E-state index in [2.05, 4.69) is 34.3 Å². The Morgan fingerprint density at radius 3 is 2.38 bits per heavy atom. The summed E-state index contributed by atoms with van der Waals surface area (Å²) >= 11 is 1.60. The zero-order valence-corrected chi connectivity index (χ0v) is 12.6. The number of nitrogens with two attached hydrogens (primary N) is 1. The number of anilines is 1. The molecule has 1 aliphatic rings. The molecular formula is C16H17N3OS. The molecule has 1 heterocycles. The number of rotatable bonds is 3. The molecule has 3 rings (SSSR count). The van der Waals surface area contributed by atoms with Gasteiger partial charge in [-0.2, -0.15) is 0 Å². The van der Waals surface area contributed by atoms with Gasteiger partial charge in [-0.25, -0.2) is 0 Å². The van der Waals surface area contributed by atoms with E-state index in [1.54, 1.807) is 11.8 Å². The van der Waals surface area contributed by atoms with Gasteiger partial charge in [-0.15, -0.1) is 11.8 Å². The smallest absolute Gasteiger partial charge is 0.173 e. The molecule has 0 saturated heterocycles. The predicted molar refractivity (Wildman–Crippen MR) is 87.1 cm³/mol. The molecule has 0 aromatic heterocycles. The van der Waals surface area contributed by atoms with E-state index in [4.69, 9.17) is 10.9 Å². The minimum absolute atomic E-state index is 0.158. The maximum absolute atomic E-state index is 9.08. The first-order chi connectivity index (χ1) is 10.2. The van der Waals surface area contributed by atoms with E-state index >= 15 is 0 Å². The minimum atomic E-state index is 0.158. The predicted octanol–water partition coefficient (Wildman–Crippen LogP) is 3.02. The Kier molecular flexibility index (Phi) is 3.75. The normalized spacial score (nSPS) is 14.3. The van der Waals surface area contributed by atoms with Crippen molar-refractivity contribution in [1.82, 2.24) is 0 Å². The number of nitrogens with zero attached hydrogens (tertiary/aromatic N) is 2. The standard InChI is InChI=1S/C16H17N3OS/c1-21-14-8-4-7-13(15(14)16(17)18-20)19-9-11-5-2-3-6-12(11)10-19/h2-8,20H,9-10H2,1H3,(H2,17,18). The summed E-state index contributed by atoms with van der Waals surface area (Å²) in [4.78, 5) is 3.27. The lowest BCUT2D eigenvalue weighted by Gasteiger charge is -2.22. The number of oxime groups is 1. The highest BCUT2D eigenvalue weighted by molar-refractivity contribution is 7.98. The molecule has 4 nitrogen and oxygen atoms in total. The fourth-order valence-corrected chi connectivity index (χ4v) is 3.39. The first-order valence-corrected chi connectivity index (χ1v) is 7.93. The number of hydrogen-bond acceptors (Lipinski definition) is 4. The van der Waals surface area contributed by atoms with E-state index in [-0.39, 0.29) is 5.84 Å². The second-order valence-electron chi connectivity index (χ2n) is 4.96. The summed E-state index contributed by atoms with van der Waals surface area (Å²) in [5.74, 6) is 0.158. The van der Waals surface area contributed by atoms with Gasteiger partial charge in [-0.05, 0) is 29.5 Å². The quantitative estimate of drug-likeness (QED) is 0.301. The van der Waals surface area contributed by atoms with Crippen LogP contribution in [0.25, 0.3) is 0 Å². The minimum Gasteiger partial charge on any atom is -0.409 e. The highest BCUT2D eigenvalue weighted by Gasteiger charge is 2.23. The van der Waals surface area contributed by atoms with Crippen molar-refractivity contribution in [3.05, 3.63) is 59.2 Å². The molecule has 2 aromatic rings. The third kappa shape index (κ3) is 2.45. The van der Waals surface area contributed by atoms with Crippen LogP contribution in [0.1, 0.15) is 16.7 Å². The van der Waals surface area contributed by atoms with Gasteiger partial charge in [0.15, 0.2) is 5.84 Å². The van der Waals surface area contributed by atoms with Gasteiger partial charge in [0.1, 0.15) is 0 Å². The molecule has 0 bridgehead atoms. The molecule has 3 N–H and O–H groups in total. The summed E-state index contributed by atoms with van der Waals surface area (Å²) in [6, 6.07) is 14.5. The van der Waals surface area contributed by atoms with Crippen LogP contribution in [-0.2, 0) is 13.1 Å². The maximum Gasteiger partial charge on any atom is 0.173 e. The van der Waals surface area contributed by atoms with E-state index < -0.39 is 0 Å². The molecule has 0 fully saturated rings. The SMILES string of the molecule is CSc1cccc(N2Cc3ccccc3C2)c1/C(N)=N/O. The third-order valence-corrected chi connectivity index (χ3v) is 4.55. The highest BCUT2D eigenvalue weighted by Crippen LogP contribution is 2.34. The maximum atomic E-state index is 9.08. The zero-order chi connectivity index (χ0) is 14.8. The lowest BCUT2D eigenvalue weighted by molar-refractivity contribution is 0.318. The van der Waals surface area contributed by atoms with Gasteiger partial charge >= 0.3 is 0 Å². The van der Waals surface area contributed by atoms with E-state index in [1.165, 1.54) is 11.1 Å². The van der Waals surface area contributed by atoms with Crippen molar-refractivity contribution in [3.8, 4) is 0 Å². The van der Waals surface area contributed by atoms with Crippen LogP contribution in [0.4, 0.5) is 5.69 Å². The van der Waals surface area contributed by atoms with Crippen molar-refractivity contribution < 1.29 is 5.21 Å². The van der Waals surface area contributed by atoms with Gasteiger partial charge in [0.05, 0.1) is 5.56 Å². The average molecular weight is 299 g/mol. The van der Waals surface area contributed by atoms with Crippen LogP contribution in [0.2, 0.25) is 0 Å². The first-order valence-electron chi connectivity index (χ1n) is 6.71. The Bertz CT molecular complexity index is 675. The van der Waals surface area contributed by atoms with E-state index in [9.17, 15) is 0 Å². The summed E-state index contributed by atoms with van der Waals surface area (Å²) in [5, 5.41) is 12.3. The number of benzene rings is 2. The molecule has 1 aliphatic heterocycles. The molecule has 0 saturated carbocycles. The summed E-state index contributed by atoms with van der Waals surface area (Å²) in [6.45, 7) is 1.69. The summed E-state index contributed by atoms with van der Waals surface area (Å²) in [7, 11) is 0. The lowest BCUT2D eigenvalue weighted by Crippen LogP contribution is -2.22. The topological polar surface area (TPSA) is 61.8 Å². The molecule has 5 heteroatoms. The van der Waals surface area contributed by atoms with Crippen LogP contribution >= 0.6 is 11.8 Å². The molecule has 2 aromatic carbocycles. The molecule has 0 unspecified atom stereocenters. The number of fused-ring (bicyclic) bond motifs is 1. The Morgan fingerprint density at radius 2 is 1.81 bits per heavy atom. The third-order valence-electron chi connectivity index (χ3n) is 3.77. The Balaban J connectivity index is 2.05. The lowest BCUT2D eigenvalue weighted by atomic mass is 10.1. The molecule has 0 amide bonds. The van der Waals surface area contributed by atoms with Gasteiger partial charge in [0.2, 0.25) is 0 Å². The van der Waals surface area contributed by atoms with Crippen LogP contribution in [0.15, 0.2) is 52.5 Å². The van der Waals surface area contributed by atoms with Crippen molar-refractivity contribution in [3.63, 3.8) is 0 Å². The van der Waals surface area contributed by atoms with E-state index in [1.807, 2.05) is 24.5 Å². The monoisotopic (exact) mass is 299 g/mol. The van der Waals surface area contributed by atoms with Crippen LogP contribution in [0.5, 0.6) is 0 Å². The molecule has 21 heavy (non-hydrogen) atoms. The summed E-state index contributed by atoms with van der Waals surface area (Å²) in [5.41, 5.74) is 10.4. The second kappa shape index (κ2) is 5.69. The van der Waals surface area contributed by atoms with Crippen molar-refractivity contribution >= 4 is 23.3 Å². The molecule has 0 atom stereocenters. The van der Waals surface area contributed by atoms with Gasteiger partial charge < -0.3 is 15.8 Å². The molecule has 0 spiro atoms. The molecule has 0 aliphatic carbocycles. The molecule has 0 radical (unpaired) electrons. The van der Waals surface area contributed by atoms with Crippen molar-refractivity contribution in [1.29, 1.82) is 0 Å². The number of thioether (sulfide) groups is 1. The van der Waals surface area contributed by atoms with Crippen molar-refractivity contribution in [2.24, 2.45) is 10.9 Å². The van der Waals surface area contributed by atoms with Gasteiger partial charge in [-0.3, -0.25) is 0 Å². The second-order valence-corrected chi connectivity index (χ2v) is 5.81. The largest absolute Gasteiger partial charge is 0.409 e. The van der Waals surface area contributed by atoms with Gasteiger partial charge in [0.25, 0.3) is 0 Å². The zero-order valence-electron chi connectivity index (χ0n) is 11.8. The van der Waals surface area contributed by atoms with E-state index in [0.29, 0.717) is 0 Å². The van der Waals surface area contributed by atoms with Crippen LogP contribution in [-0.4, -0.2) is 17.3 Å². The van der Waals surface area contributed by atoms with Crippen LogP contribution in [0, 0.1) is 0 Å². The number of hydrogen-bond donors (Lipinski definition) is 2. The van der Waals surface area contributed by atoms with Crippen LogP contribution < -0.4 is 10.6 Å². The van der Waals surface area contributed by atoms with Gasteiger partial charge in [0, 0.05) is 23.7 Å². The Hall–Kier alpha value is -2.14. The van der Waals surface area contributed by atoms with Gasteiger partial charge in [-0.1, -0.05) is 35.5 Å². The summed E-state index contributed by atoms with van der Waals surface area (Å²) in [6.07, 6.45) is 1.99. The molecule has 108 valence electrons. The Morgan fingerprint density at radius 1 is 1.14 bits per heavy atom. The van der Waals surface area contributed by atoms with E-state index in [0.717, 1.165) is 29.2 Å². The average Bonchev–Trinajstić information content (AvgIpc) is 2.97. The summed E-state index contributed by atoms with van der Waals surface area (Å²) < 4.78 is 0. The molecular weight excluding hydrogens is 282 g/mol. The van der Waals surface area contributed by atoms with Crippen molar-refractivity contribution in [2.75, 3.05) is 11.2 Å². The first kappa shape index (κ1) is 13.8. The fraction of sp³-hybridized carbons (Fsp3) is 0.188. The van der Waals surface area contributed by atoms with Crippen LogP contribution in [0.3, 0.4) is 0 Å². The fourth-order valence-electron chi connectivity index (χ4n) is 2.76. The highest BCUT2D eigenvalue weighted by atomic mass is 32.2. The Labute approximate surface area is 128 Å². The number of amidine groups is 1.